The third-order valence-electron chi connectivity index (χ3n) is 2.18. The van der Waals surface area contributed by atoms with Crippen LogP contribution in [0.25, 0.3) is 0 Å². The van der Waals surface area contributed by atoms with Crippen LogP contribution in [0, 0.1) is 11.3 Å². The van der Waals surface area contributed by atoms with Gasteiger partial charge >= 0.3 is 0 Å². The van der Waals surface area contributed by atoms with Crippen molar-refractivity contribution in [2.45, 2.75) is 32.7 Å². The van der Waals surface area contributed by atoms with E-state index in [0.717, 1.165) is 6.42 Å². The van der Waals surface area contributed by atoms with Crippen LogP contribution in [0.2, 0.25) is 0 Å². The Bertz CT molecular complexity index is 351. The minimum Gasteiger partial charge on any atom is -0.363 e. The Labute approximate surface area is 84.0 Å². The Morgan fingerprint density at radius 2 is 2.29 bits per heavy atom. The molecule has 1 N–H and O–H groups in total. The molecule has 1 aromatic rings. The van der Waals surface area contributed by atoms with Gasteiger partial charge in [0, 0.05) is 5.54 Å². The second-order valence-electron chi connectivity index (χ2n) is 3.77. The second kappa shape index (κ2) is 4.05. The van der Waals surface area contributed by atoms with Crippen molar-refractivity contribution in [3.05, 3.63) is 17.8 Å². The molecule has 0 saturated carbocycles. The first-order chi connectivity index (χ1) is 6.59. The summed E-state index contributed by atoms with van der Waals surface area (Å²) >= 11 is 0. The summed E-state index contributed by atoms with van der Waals surface area (Å²) in [4.78, 5) is 0. The first-order valence-electron chi connectivity index (χ1n) is 4.59. The van der Waals surface area contributed by atoms with E-state index in [-0.39, 0.29) is 5.54 Å². The van der Waals surface area contributed by atoms with Crippen molar-refractivity contribution < 1.29 is 0 Å². The molecule has 0 aliphatic heterocycles. The highest BCUT2D eigenvalue weighted by molar-refractivity contribution is 5.51. The summed E-state index contributed by atoms with van der Waals surface area (Å²) in [5.41, 5.74) is 0.461. The van der Waals surface area contributed by atoms with Crippen molar-refractivity contribution in [3.8, 4) is 6.07 Å². The summed E-state index contributed by atoms with van der Waals surface area (Å²) in [7, 11) is 0. The zero-order valence-corrected chi connectivity index (χ0v) is 8.70. The van der Waals surface area contributed by atoms with Crippen LogP contribution in [0.5, 0.6) is 0 Å². The maximum absolute atomic E-state index is 8.83. The van der Waals surface area contributed by atoms with Crippen molar-refractivity contribution in [1.82, 2.24) is 10.2 Å². The molecule has 4 heteroatoms. The number of hydrogen-bond acceptors (Lipinski definition) is 4. The Hall–Kier alpha value is -1.63. The normalized spacial score (nSPS) is 10.7. The summed E-state index contributed by atoms with van der Waals surface area (Å²) < 4.78 is 0. The lowest BCUT2D eigenvalue weighted by Gasteiger charge is -2.25. The number of nitriles is 1. The Balaban J connectivity index is 2.92. The summed E-state index contributed by atoms with van der Waals surface area (Å²) in [6.45, 7) is 6.20. The Kier molecular flexibility index (Phi) is 3.03. The fourth-order valence-corrected chi connectivity index (χ4v) is 0.923. The molecule has 0 saturated heterocycles. The molecule has 0 atom stereocenters. The van der Waals surface area contributed by atoms with Crippen molar-refractivity contribution in [2.75, 3.05) is 5.32 Å². The van der Waals surface area contributed by atoms with Gasteiger partial charge in [0.1, 0.15) is 6.07 Å². The first kappa shape index (κ1) is 10.5. The molecule has 74 valence electrons. The van der Waals surface area contributed by atoms with Crippen LogP contribution in [-0.4, -0.2) is 15.7 Å². The molecule has 0 amide bonds. The van der Waals surface area contributed by atoms with Gasteiger partial charge in [0.05, 0.1) is 11.8 Å². The molecule has 0 fully saturated rings. The number of nitrogens with one attached hydrogen (secondary N) is 1. The average Bonchev–Trinajstić information content (AvgIpc) is 2.18. The van der Waals surface area contributed by atoms with E-state index in [1.165, 1.54) is 6.20 Å². The molecule has 0 spiro atoms. The topological polar surface area (TPSA) is 61.6 Å². The SMILES string of the molecule is CCC(C)(C)Nc1nnccc1C#N. The first-order valence-corrected chi connectivity index (χ1v) is 4.59. The van der Waals surface area contributed by atoms with E-state index >= 15 is 0 Å². The number of rotatable bonds is 3. The maximum Gasteiger partial charge on any atom is 0.167 e. The van der Waals surface area contributed by atoms with E-state index in [9.17, 15) is 0 Å². The number of hydrogen-bond donors (Lipinski definition) is 1. The predicted octanol–water partition coefficient (Wildman–Crippen LogP) is 1.95. The lowest BCUT2D eigenvalue weighted by Crippen LogP contribution is -2.30. The van der Waals surface area contributed by atoms with Gasteiger partial charge in [-0.3, -0.25) is 0 Å². The molecule has 0 aliphatic rings. The molecule has 0 radical (unpaired) electrons. The van der Waals surface area contributed by atoms with Crippen LogP contribution in [0.4, 0.5) is 5.82 Å². The van der Waals surface area contributed by atoms with E-state index < -0.39 is 0 Å². The van der Waals surface area contributed by atoms with Crippen LogP contribution in [0.3, 0.4) is 0 Å². The van der Waals surface area contributed by atoms with Gasteiger partial charge in [0.25, 0.3) is 0 Å². The molecule has 0 aromatic carbocycles. The molecule has 0 unspecified atom stereocenters. The summed E-state index contributed by atoms with van der Waals surface area (Å²) in [6.07, 6.45) is 2.47. The van der Waals surface area contributed by atoms with E-state index in [4.69, 9.17) is 5.26 Å². The molecule has 0 aliphatic carbocycles. The quantitative estimate of drug-likeness (QED) is 0.791. The number of anilines is 1. The highest BCUT2D eigenvalue weighted by atomic mass is 15.2. The van der Waals surface area contributed by atoms with Crippen LogP contribution < -0.4 is 5.32 Å². The third-order valence-corrected chi connectivity index (χ3v) is 2.18. The Morgan fingerprint density at radius 3 is 2.86 bits per heavy atom. The van der Waals surface area contributed by atoms with Gasteiger partial charge in [-0.15, -0.1) is 5.10 Å². The van der Waals surface area contributed by atoms with Gasteiger partial charge in [0.15, 0.2) is 5.82 Å². The zero-order chi connectivity index (χ0) is 10.6. The lowest BCUT2D eigenvalue weighted by atomic mass is 10.0. The monoisotopic (exact) mass is 190 g/mol. The van der Waals surface area contributed by atoms with Gasteiger partial charge in [0.2, 0.25) is 0 Å². The Morgan fingerprint density at radius 1 is 1.57 bits per heavy atom. The standard InChI is InChI=1S/C10H14N4/c1-4-10(2,3)13-9-8(7-11)5-6-12-14-9/h5-6H,4H2,1-3H3,(H,13,14). The van der Waals surface area contributed by atoms with Crippen LogP contribution in [0.15, 0.2) is 12.3 Å². The molecule has 4 nitrogen and oxygen atoms in total. The molecular weight excluding hydrogens is 176 g/mol. The summed E-state index contributed by atoms with van der Waals surface area (Å²) in [5.74, 6) is 0.557. The van der Waals surface area contributed by atoms with Crippen molar-refractivity contribution in [1.29, 1.82) is 5.26 Å². The van der Waals surface area contributed by atoms with Crippen molar-refractivity contribution in [2.24, 2.45) is 0 Å². The fraction of sp³-hybridized carbons (Fsp3) is 0.500. The maximum atomic E-state index is 8.83. The minimum atomic E-state index is -0.0678. The van der Waals surface area contributed by atoms with E-state index in [0.29, 0.717) is 11.4 Å². The van der Waals surface area contributed by atoms with Gasteiger partial charge in [-0.1, -0.05) is 6.92 Å². The van der Waals surface area contributed by atoms with Gasteiger partial charge in [-0.2, -0.15) is 10.4 Å². The highest BCUT2D eigenvalue weighted by Gasteiger charge is 2.16. The third kappa shape index (κ3) is 2.43. The average molecular weight is 190 g/mol. The highest BCUT2D eigenvalue weighted by Crippen LogP contribution is 2.17. The molecular formula is C10H14N4. The second-order valence-corrected chi connectivity index (χ2v) is 3.77. The smallest absolute Gasteiger partial charge is 0.167 e. The molecule has 14 heavy (non-hydrogen) atoms. The minimum absolute atomic E-state index is 0.0678. The number of aromatic nitrogens is 2. The van der Waals surface area contributed by atoms with Crippen molar-refractivity contribution >= 4 is 5.82 Å². The van der Waals surface area contributed by atoms with Crippen LogP contribution >= 0.6 is 0 Å². The fourth-order valence-electron chi connectivity index (χ4n) is 0.923. The van der Waals surface area contributed by atoms with Gasteiger partial charge < -0.3 is 5.32 Å². The lowest BCUT2D eigenvalue weighted by molar-refractivity contribution is 0.543. The van der Waals surface area contributed by atoms with E-state index in [1.54, 1.807) is 6.07 Å². The molecule has 1 rings (SSSR count). The molecule has 1 heterocycles. The van der Waals surface area contributed by atoms with Gasteiger partial charge in [-0.25, -0.2) is 0 Å². The van der Waals surface area contributed by atoms with Crippen molar-refractivity contribution in [3.63, 3.8) is 0 Å². The van der Waals surface area contributed by atoms with Gasteiger partial charge in [-0.05, 0) is 26.3 Å². The van der Waals surface area contributed by atoms with Crippen LogP contribution in [-0.2, 0) is 0 Å². The summed E-state index contributed by atoms with van der Waals surface area (Å²) in [6, 6.07) is 3.73. The molecule has 1 aromatic heterocycles. The van der Waals surface area contributed by atoms with E-state index in [2.05, 4.69) is 42.4 Å². The van der Waals surface area contributed by atoms with E-state index in [1.807, 2.05) is 0 Å². The largest absolute Gasteiger partial charge is 0.363 e. The predicted molar refractivity (Wildman–Crippen MR) is 54.7 cm³/mol. The number of nitrogens with zero attached hydrogens (tertiary/aromatic N) is 3. The van der Waals surface area contributed by atoms with Crippen LogP contribution in [0.1, 0.15) is 32.8 Å². The molecule has 0 bridgehead atoms. The zero-order valence-electron chi connectivity index (χ0n) is 8.70. The summed E-state index contributed by atoms with van der Waals surface area (Å²) in [5, 5.41) is 19.7.